The van der Waals surface area contributed by atoms with Crippen molar-refractivity contribution in [2.45, 2.75) is 13.3 Å². The summed E-state index contributed by atoms with van der Waals surface area (Å²) in [7, 11) is 0. The molecule has 1 fully saturated rings. The second-order valence-corrected chi connectivity index (χ2v) is 8.01. The Morgan fingerprint density at radius 3 is 2.52 bits per heavy atom. The van der Waals surface area contributed by atoms with Gasteiger partial charge in [0.05, 0.1) is 16.8 Å². The van der Waals surface area contributed by atoms with Crippen molar-refractivity contribution >= 4 is 50.4 Å². The van der Waals surface area contributed by atoms with Crippen LogP contribution >= 0.6 is 11.3 Å². The molecule has 1 amide bonds. The molecule has 150 valence electrons. The van der Waals surface area contributed by atoms with Gasteiger partial charge in [-0.2, -0.15) is 0 Å². The molecule has 4 rings (SSSR count). The van der Waals surface area contributed by atoms with Crippen LogP contribution in [0.2, 0.25) is 0 Å². The summed E-state index contributed by atoms with van der Waals surface area (Å²) in [5, 5.41) is 0.795. The van der Waals surface area contributed by atoms with Crippen molar-refractivity contribution < 1.29 is 9.59 Å². The van der Waals surface area contributed by atoms with Gasteiger partial charge >= 0.3 is 0 Å². The summed E-state index contributed by atoms with van der Waals surface area (Å²) in [4.78, 5) is 37.5. The molecule has 4 N–H and O–H groups in total. The predicted molar refractivity (Wildman–Crippen MR) is 116 cm³/mol. The summed E-state index contributed by atoms with van der Waals surface area (Å²) < 4.78 is 0. The molecule has 0 unspecified atom stereocenters. The molecular formula is C20H22N6O2S. The first-order chi connectivity index (χ1) is 14.0. The smallest absolute Gasteiger partial charge is 0.260 e. The number of fused-ring (bicyclic) bond motifs is 1. The van der Waals surface area contributed by atoms with Gasteiger partial charge in [-0.1, -0.05) is 0 Å². The lowest BCUT2D eigenvalue weighted by molar-refractivity contribution is 0.0999. The molecule has 9 heteroatoms. The largest absolute Gasteiger partial charge is 0.397 e. The number of hydrogen-bond donors (Lipinski definition) is 2. The van der Waals surface area contributed by atoms with Crippen LogP contribution in [0.4, 0.5) is 17.2 Å². The van der Waals surface area contributed by atoms with Crippen LogP contribution in [0.1, 0.15) is 33.4 Å². The third-order valence-corrected chi connectivity index (χ3v) is 6.27. The number of anilines is 3. The van der Waals surface area contributed by atoms with E-state index in [1.807, 2.05) is 18.2 Å². The number of nitrogens with two attached hydrogens (primary N) is 2. The number of ketones is 1. The van der Waals surface area contributed by atoms with Crippen molar-refractivity contribution in [2.75, 3.05) is 41.7 Å². The van der Waals surface area contributed by atoms with Crippen LogP contribution in [-0.4, -0.2) is 47.8 Å². The van der Waals surface area contributed by atoms with Crippen molar-refractivity contribution in [3.05, 3.63) is 41.0 Å². The summed E-state index contributed by atoms with van der Waals surface area (Å²) in [5.41, 5.74) is 13.7. The van der Waals surface area contributed by atoms with Gasteiger partial charge in [-0.25, -0.2) is 9.97 Å². The first-order valence-electron chi connectivity index (χ1n) is 9.39. The molecular weight excluding hydrogens is 388 g/mol. The lowest BCUT2D eigenvalue weighted by atomic mass is 10.2. The van der Waals surface area contributed by atoms with Gasteiger partial charge in [0.15, 0.2) is 5.78 Å². The fourth-order valence-corrected chi connectivity index (χ4v) is 4.58. The number of carbonyl (C=O) groups excluding carboxylic acids is 2. The first-order valence-corrected chi connectivity index (χ1v) is 10.2. The van der Waals surface area contributed by atoms with Crippen molar-refractivity contribution in [1.82, 2.24) is 9.97 Å². The van der Waals surface area contributed by atoms with Gasteiger partial charge in [-0.15, -0.1) is 11.3 Å². The Morgan fingerprint density at radius 1 is 1.07 bits per heavy atom. The predicted octanol–water partition coefficient (Wildman–Crippen LogP) is 2.29. The minimum atomic E-state index is -0.529. The zero-order valence-corrected chi connectivity index (χ0v) is 16.9. The van der Waals surface area contributed by atoms with Crippen molar-refractivity contribution in [2.24, 2.45) is 5.73 Å². The van der Waals surface area contributed by atoms with Gasteiger partial charge in [-0.3, -0.25) is 9.59 Å². The van der Waals surface area contributed by atoms with E-state index in [0.717, 1.165) is 54.3 Å². The molecule has 0 atom stereocenters. The Labute approximate surface area is 172 Å². The van der Waals surface area contributed by atoms with Crippen LogP contribution in [0.5, 0.6) is 0 Å². The van der Waals surface area contributed by atoms with E-state index in [0.29, 0.717) is 16.1 Å². The molecule has 0 saturated carbocycles. The lowest BCUT2D eigenvalue weighted by Crippen LogP contribution is -2.31. The highest BCUT2D eigenvalue weighted by atomic mass is 32.1. The summed E-state index contributed by atoms with van der Waals surface area (Å²) in [6.45, 7) is 4.81. The molecule has 0 radical (unpaired) electrons. The molecule has 1 saturated heterocycles. The third-order valence-electron chi connectivity index (χ3n) is 5.15. The van der Waals surface area contributed by atoms with Crippen LogP contribution in [0.15, 0.2) is 30.6 Å². The summed E-state index contributed by atoms with van der Waals surface area (Å²) in [5.74, 6) is 0.345. The van der Waals surface area contributed by atoms with Crippen molar-refractivity contribution in [3.63, 3.8) is 0 Å². The number of carbonyl (C=O) groups is 2. The minimum absolute atomic E-state index is 0.0106. The van der Waals surface area contributed by atoms with E-state index >= 15 is 0 Å². The quantitative estimate of drug-likeness (QED) is 0.634. The molecule has 1 aliphatic rings. The Kier molecular flexibility index (Phi) is 5.06. The second-order valence-electron chi connectivity index (χ2n) is 7.01. The zero-order valence-electron chi connectivity index (χ0n) is 16.1. The van der Waals surface area contributed by atoms with Gasteiger partial charge in [-0.05, 0) is 31.5 Å². The molecule has 0 bridgehead atoms. The van der Waals surface area contributed by atoms with Crippen LogP contribution in [0, 0.1) is 0 Å². The van der Waals surface area contributed by atoms with Gasteiger partial charge in [0.2, 0.25) is 0 Å². The lowest BCUT2D eigenvalue weighted by Gasteiger charge is -2.25. The minimum Gasteiger partial charge on any atom is -0.397 e. The van der Waals surface area contributed by atoms with Crippen LogP contribution in [0.25, 0.3) is 10.2 Å². The fraction of sp³-hybridized carbons (Fsp3) is 0.300. The summed E-state index contributed by atoms with van der Waals surface area (Å²) in [6.07, 6.45) is 4.31. The average Bonchev–Trinajstić information content (AvgIpc) is 2.89. The van der Waals surface area contributed by atoms with Gasteiger partial charge in [0.1, 0.15) is 15.5 Å². The van der Waals surface area contributed by atoms with Crippen molar-refractivity contribution in [1.29, 1.82) is 0 Å². The standard InChI is InChI=1S/C20H22N6O2S/c1-12(27)13-3-4-15(24-11-13)26-8-2-7-25(9-10-26)14-5-6-23-20-16(14)17(21)18(29-20)19(22)28/h3-6,11H,2,7-10,21H2,1H3,(H2,22,28). The SMILES string of the molecule is CC(=O)c1ccc(N2CCCN(c3ccnc4sc(C(N)=O)c(N)c34)CC2)nc1. The number of primary amides is 1. The fourth-order valence-electron chi connectivity index (χ4n) is 3.64. The van der Waals surface area contributed by atoms with Crippen molar-refractivity contribution in [3.8, 4) is 0 Å². The molecule has 0 aromatic carbocycles. The third kappa shape index (κ3) is 3.61. The summed E-state index contributed by atoms with van der Waals surface area (Å²) >= 11 is 1.23. The Balaban J connectivity index is 1.59. The topological polar surface area (TPSA) is 118 Å². The second kappa shape index (κ2) is 7.67. The maximum atomic E-state index is 11.7. The highest BCUT2D eigenvalue weighted by Crippen LogP contribution is 2.38. The van der Waals surface area contributed by atoms with Crippen LogP contribution < -0.4 is 21.3 Å². The molecule has 1 aliphatic heterocycles. The molecule has 3 aromatic heterocycles. The number of amides is 1. The van der Waals surface area contributed by atoms with Gasteiger partial charge in [0.25, 0.3) is 5.91 Å². The first kappa shape index (κ1) is 19.1. The van der Waals surface area contributed by atoms with E-state index in [1.165, 1.54) is 18.3 Å². The number of pyridine rings is 2. The van der Waals surface area contributed by atoms with Crippen LogP contribution in [0.3, 0.4) is 0 Å². The molecule has 0 aliphatic carbocycles. The maximum absolute atomic E-state index is 11.7. The van der Waals surface area contributed by atoms with E-state index < -0.39 is 5.91 Å². The van der Waals surface area contributed by atoms with E-state index in [-0.39, 0.29) is 5.78 Å². The molecule has 3 aromatic rings. The highest BCUT2D eigenvalue weighted by Gasteiger charge is 2.22. The number of Topliss-reactive ketones (excluding diaryl/α,β-unsaturated/α-hetero) is 1. The average molecular weight is 411 g/mol. The van der Waals surface area contributed by atoms with Gasteiger partial charge in [0, 0.05) is 44.1 Å². The van der Waals surface area contributed by atoms with E-state index in [9.17, 15) is 9.59 Å². The Morgan fingerprint density at radius 2 is 1.83 bits per heavy atom. The number of aromatic nitrogens is 2. The maximum Gasteiger partial charge on any atom is 0.260 e. The number of nitrogen functional groups attached to an aromatic ring is 1. The summed E-state index contributed by atoms with van der Waals surface area (Å²) in [6, 6.07) is 5.65. The Hall–Kier alpha value is -3.20. The monoisotopic (exact) mass is 410 g/mol. The molecule has 29 heavy (non-hydrogen) atoms. The van der Waals surface area contributed by atoms with E-state index in [1.54, 1.807) is 12.4 Å². The number of rotatable bonds is 4. The number of hydrogen-bond acceptors (Lipinski definition) is 8. The normalized spacial score (nSPS) is 14.8. The number of nitrogens with zero attached hydrogens (tertiary/aromatic N) is 4. The Bertz CT molecular complexity index is 1080. The van der Waals surface area contributed by atoms with Crippen LogP contribution in [-0.2, 0) is 0 Å². The molecule has 0 spiro atoms. The zero-order chi connectivity index (χ0) is 20.5. The van der Waals surface area contributed by atoms with E-state index in [4.69, 9.17) is 11.5 Å². The molecule has 4 heterocycles. The highest BCUT2D eigenvalue weighted by molar-refractivity contribution is 7.21. The molecule has 8 nitrogen and oxygen atoms in total. The van der Waals surface area contributed by atoms with E-state index in [2.05, 4.69) is 19.8 Å². The van der Waals surface area contributed by atoms with Gasteiger partial charge < -0.3 is 21.3 Å². The number of thiophene rings is 1.